The minimum absolute atomic E-state index is 0.0597. The number of rotatable bonds is 4. The number of hydrogen-bond donors (Lipinski definition) is 0. The Labute approximate surface area is 181 Å². The van der Waals surface area contributed by atoms with Crippen molar-refractivity contribution in [2.75, 3.05) is 0 Å². The zero-order valence-corrected chi connectivity index (χ0v) is 16.9. The molecule has 0 aliphatic rings. The lowest BCUT2D eigenvalue weighted by molar-refractivity contribution is -0.137. The molecule has 0 N–H and O–H groups in total. The van der Waals surface area contributed by atoms with E-state index >= 15 is 0 Å². The van der Waals surface area contributed by atoms with Crippen molar-refractivity contribution >= 4 is 23.0 Å². The number of hydrogen-bond acceptors (Lipinski definition) is 3. The zero-order chi connectivity index (χ0) is 21.8. The Morgan fingerprint density at radius 1 is 0.839 bits per heavy atom. The summed E-state index contributed by atoms with van der Waals surface area (Å²) in [5.41, 5.74) is 2.97. The molecule has 0 aliphatic carbocycles. The first-order chi connectivity index (χ1) is 15.0. The molecule has 0 fully saturated rings. The fourth-order valence-corrected chi connectivity index (χ4v) is 3.97. The number of alkyl halides is 3. The minimum atomic E-state index is -4.50. The molecule has 0 amide bonds. The monoisotopic (exact) mass is 432 g/mol. The second-order valence-corrected chi connectivity index (χ2v) is 7.59. The van der Waals surface area contributed by atoms with E-state index in [1.807, 2.05) is 60.7 Å². The zero-order valence-electron chi connectivity index (χ0n) is 16.1. The van der Waals surface area contributed by atoms with Gasteiger partial charge < -0.3 is 0 Å². The summed E-state index contributed by atoms with van der Waals surface area (Å²) in [5, 5.41) is 11.7. The first kappa shape index (κ1) is 20.6. The standard InChI is InChI=1S/C25H15F3N2S/c26-25(27,28)22-9-5-4-8-20(22)14-21(15-29)24-30-23(16-31-24)19-12-10-18(11-13-19)17-6-2-1-3-7-17/h1-14,16H. The average molecular weight is 432 g/mol. The van der Waals surface area contributed by atoms with Crippen LogP contribution in [0.1, 0.15) is 16.1 Å². The molecule has 1 heterocycles. The predicted octanol–water partition coefficient (Wildman–Crippen LogP) is 7.56. The molecule has 1 aromatic heterocycles. The molecular weight excluding hydrogens is 417 g/mol. The molecule has 4 rings (SSSR count). The lowest BCUT2D eigenvalue weighted by Crippen LogP contribution is -2.07. The summed E-state index contributed by atoms with van der Waals surface area (Å²) in [6, 6.07) is 25.0. The van der Waals surface area contributed by atoms with Crippen LogP contribution >= 0.6 is 11.3 Å². The maximum absolute atomic E-state index is 13.3. The van der Waals surface area contributed by atoms with Crippen LogP contribution in [0.25, 0.3) is 34.0 Å². The topological polar surface area (TPSA) is 36.7 Å². The molecule has 31 heavy (non-hydrogen) atoms. The third kappa shape index (κ3) is 4.57. The highest BCUT2D eigenvalue weighted by Crippen LogP contribution is 2.34. The highest BCUT2D eigenvalue weighted by atomic mass is 32.1. The number of nitrogens with zero attached hydrogens (tertiary/aromatic N) is 2. The lowest BCUT2D eigenvalue weighted by Gasteiger charge is -2.09. The largest absolute Gasteiger partial charge is 0.416 e. The molecule has 6 heteroatoms. The van der Waals surface area contributed by atoms with Crippen LogP contribution < -0.4 is 0 Å². The number of halogens is 3. The van der Waals surface area contributed by atoms with E-state index in [1.54, 1.807) is 5.38 Å². The van der Waals surface area contributed by atoms with Gasteiger partial charge in [0.1, 0.15) is 11.1 Å². The molecule has 0 saturated carbocycles. The van der Waals surface area contributed by atoms with Gasteiger partial charge in [-0.25, -0.2) is 4.98 Å². The number of nitriles is 1. The van der Waals surface area contributed by atoms with Crippen LogP contribution in [0.5, 0.6) is 0 Å². The fraction of sp³-hybridized carbons (Fsp3) is 0.0400. The van der Waals surface area contributed by atoms with Crippen LogP contribution in [0.4, 0.5) is 13.2 Å². The number of thiazole rings is 1. The van der Waals surface area contributed by atoms with E-state index < -0.39 is 11.7 Å². The van der Waals surface area contributed by atoms with E-state index in [-0.39, 0.29) is 11.1 Å². The molecule has 0 atom stereocenters. The molecule has 0 spiro atoms. The normalized spacial score (nSPS) is 11.9. The van der Waals surface area contributed by atoms with Gasteiger partial charge >= 0.3 is 6.18 Å². The molecule has 2 nitrogen and oxygen atoms in total. The number of aromatic nitrogens is 1. The van der Waals surface area contributed by atoms with Gasteiger partial charge in [-0.3, -0.25) is 0 Å². The van der Waals surface area contributed by atoms with Gasteiger partial charge in [0, 0.05) is 10.9 Å². The molecule has 0 bridgehead atoms. The van der Waals surface area contributed by atoms with Gasteiger partial charge in [-0.05, 0) is 28.8 Å². The molecule has 0 radical (unpaired) electrons. The van der Waals surface area contributed by atoms with E-state index in [2.05, 4.69) is 4.98 Å². The van der Waals surface area contributed by atoms with E-state index in [0.29, 0.717) is 10.7 Å². The van der Waals surface area contributed by atoms with E-state index in [9.17, 15) is 18.4 Å². The lowest BCUT2D eigenvalue weighted by atomic mass is 10.0. The van der Waals surface area contributed by atoms with Crippen molar-refractivity contribution in [1.82, 2.24) is 4.98 Å². The first-order valence-corrected chi connectivity index (χ1v) is 10.2. The summed E-state index contributed by atoms with van der Waals surface area (Å²) in [5.74, 6) is 0. The molecule has 3 aromatic carbocycles. The molecule has 0 aliphatic heterocycles. The molecule has 4 aromatic rings. The highest BCUT2D eigenvalue weighted by molar-refractivity contribution is 7.11. The van der Waals surface area contributed by atoms with Gasteiger partial charge in [0.2, 0.25) is 0 Å². The van der Waals surface area contributed by atoms with Gasteiger partial charge in [-0.1, -0.05) is 72.8 Å². The van der Waals surface area contributed by atoms with Gasteiger partial charge in [0.15, 0.2) is 0 Å². The van der Waals surface area contributed by atoms with Gasteiger partial charge in [0.05, 0.1) is 16.8 Å². The van der Waals surface area contributed by atoms with Crippen LogP contribution in [0.2, 0.25) is 0 Å². The smallest absolute Gasteiger partial charge is 0.235 e. The highest BCUT2D eigenvalue weighted by Gasteiger charge is 2.32. The molecular formula is C25H15F3N2S. The van der Waals surface area contributed by atoms with Crippen molar-refractivity contribution in [2.45, 2.75) is 6.18 Å². The van der Waals surface area contributed by atoms with E-state index in [1.165, 1.54) is 35.6 Å². The van der Waals surface area contributed by atoms with Crippen molar-refractivity contribution in [1.29, 1.82) is 5.26 Å². The summed E-state index contributed by atoms with van der Waals surface area (Å²) in [6.45, 7) is 0. The predicted molar refractivity (Wildman–Crippen MR) is 118 cm³/mol. The SMILES string of the molecule is N#CC(=Cc1ccccc1C(F)(F)F)c1nc(-c2ccc(-c3ccccc3)cc2)cs1. The second kappa shape index (κ2) is 8.58. The summed E-state index contributed by atoms with van der Waals surface area (Å²) in [7, 11) is 0. The minimum Gasteiger partial charge on any atom is -0.235 e. The summed E-state index contributed by atoms with van der Waals surface area (Å²) in [6.07, 6.45) is -3.26. The second-order valence-electron chi connectivity index (χ2n) is 6.74. The third-order valence-corrected chi connectivity index (χ3v) is 5.58. The molecule has 0 saturated heterocycles. The van der Waals surface area contributed by atoms with Crippen LogP contribution in [-0.2, 0) is 6.18 Å². The fourth-order valence-electron chi connectivity index (χ4n) is 3.17. The Hall–Kier alpha value is -3.69. The first-order valence-electron chi connectivity index (χ1n) is 9.35. The Bertz CT molecular complexity index is 1260. The number of allylic oxidation sites excluding steroid dienone is 1. The van der Waals surface area contributed by atoms with Crippen molar-refractivity contribution < 1.29 is 13.2 Å². The van der Waals surface area contributed by atoms with Crippen molar-refractivity contribution in [3.8, 4) is 28.5 Å². The molecule has 0 unspecified atom stereocenters. The van der Waals surface area contributed by atoms with E-state index in [4.69, 9.17) is 0 Å². The Kier molecular flexibility index (Phi) is 5.70. The van der Waals surface area contributed by atoms with Gasteiger partial charge in [-0.15, -0.1) is 11.3 Å². The van der Waals surface area contributed by atoms with Crippen molar-refractivity contribution in [3.63, 3.8) is 0 Å². The Balaban J connectivity index is 1.64. The summed E-state index contributed by atoms with van der Waals surface area (Å²) >= 11 is 1.23. The summed E-state index contributed by atoms with van der Waals surface area (Å²) in [4.78, 5) is 4.49. The maximum Gasteiger partial charge on any atom is 0.416 e. The maximum atomic E-state index is 13.3. The van der Waals surface area contributed by atoms with Crippen LogP contribution in [0.15, 0.2) is 84.2 Å². The average Bonchev–Trinajstić information content (AvgIpc) is 3.28. The van der Waals surface area contributed by atoms with Gasteiger partial charge in [0.25, 0.3) is 0 Å². The Morgan fingerprint density at radius 3 is 2.13 bits per heavy atom. The van der Waals surface area contributed by atoms with E-state index in [0.717, 1.165) is 22.8 Å². The molecule has 152 valence electrons. The number of benzene rings is 3. The summed E-state index contributed by atoms with van der Waals surface area (Å²) < 4.78 is 39.8. The third-order valence-electron chi connectivity index (χ3n) is 4.71. The van der Waals surface area contributed by atoms with Crippen molar-refractivity contribution in [2.24, 2.45) is 0 Å². The van der Waals surface area contributed by atoms with Gasteiger partial charge in [-0.2, -0.15) is 18.4 Å². The Morgan fingerprint density at radius 2 is 1.45 bits per heavy atom. The van der Waals surface area contributed by atoms with Crippen LogP contribution in [0.3, 0.4) is 0 Å². The van der Waals surface area contributed by atoms with Crippen molar-refractivity contribution in [3.05, 3.63) is 100 Å². The van der Waals surface area contributed by atoms with Crippen LogP contribution in [0, 0.1) is 11.3 Å². The quantitative estimate of drug-likeness (QED) is 0.312. The van der Waals surface area contributed by atoms with Crippen LogP contribution in [-0.4, -0.2) is 4.98 Å².